The Morgan fingerprint density at radius 2 is 1.86 bits per heavy atom. The standard InChI is InChI=1S/C9H19NO3S/c1-9(2,7-14(11,12)13)8-3-5-10-6-4-8/h8,10H,3-7H2,1-2H3,(H,11,12,13). The van der Waals surface area contributed by atoms with E-state index in [4.69, 9.17) is 4.55 Å². The van der Waals surface area contributed by atoms with Crippen molar-refractivity contribution in [2.24, 2.45) is 11.3 Å². The summed E-state index contributed by atoms with van der Waals surface area (Å²) in [4.78, 5) is 0. The lowest BCUT2D eigenvalue weighted by molar-refractivity contribution is 0.188. The van der Waals surface area contributed by atoms with E-state index in [1.165, 1.54) is 0 Å². The molecule has 5 heteroatoms. The fourth-order valence-corrected chi connectivity index (χ4v) is 3.37. The van der Waals surface area contributed by atoms with Gasteiger partial charge in [0.2, 0.25) is 0 Å². The molecule has 0 aromatic rings. The highest BCUT2D eigenvalue weighted by Crippen LogP contribution is 2.34. The van der Waals surface area contributed by atoms with Gasteiger partial charge in [0, 0.05) is 0 Å². The first-order valence-electron chi connectivity index (χ1n) is 4.97. The largest absolute Gasteiger partial charge is 0.317 e. The molecule has 84 valence electrons. The first-order chi connectivity index (χ1) is 6.31. The monoisotopic (exact) mass is 221 g/mol. The molecule has 0 aromatic heterocycles. The zero-order valence-electron chi connectivity index (χ0n) is 8.78. The van der Waals surface area contributed by atoms with Crippen molar-refractivity contribution in [2.75, 3.05) is 18.8 Å². The molecule has 0 aromatic carbocycles. The zero-order chi connectivity index (χ0) is 10.8. The lowest BCUT2D eigenvalue weighted by Crippen LogP contribution is -2.39. The lowest BCUT2D eigenvalue weighted by atomic mass is 9.75. The van der Waals surface area contributed by atoms with Gasteiger partial charge in [-0.15, -0.1) is 0 Å². The molecule has 1 saturated heterocycles. The molecule has 1 aliphatic heterocycles. The van der Waals surface area contributed by atoms with Crippen molar-refractivity contribution in [3.63, 3.8) is 0 Å². The summed E-state index contributed by atoms with van der Waals surface area (Å²) >= 11 is 0. The number of hydrogen-bond acceptors (Lipinski definition) is 3. The third-order valence-electron chi connectivity index (χ3n) is 3.00. The van der Waals surface area contributed by atoms with E-state index in [9.17, 15) is 8.42 Å². The Morgan fingerprint density at radius 3 is 2.29 bits per heavy atom. The molecule has 2 N–H and O–H groups in total. The van der Waals surface area contributed by atoms with Crippen LogP contribution >= 0.6 is 0 Å². The van der Waals surface area contributed by atoms with E-state index in [-0.39, 0.29) is 11.2 Å². The van der Waals surface area contributed by atoms with E-state index in [0.717, 1.165) is 25.9 Å². The van der Waals surface area contributed by atoms with Crippen LogP contribution in [-0.2, 0) is 10.1 Å². The first-order valence-corrected chi connectivity index (χ1v) is 6.58. The Labute approximate surface area is 85.8 Å². The van der Waals surface area contributed by atoms with E-state index >= 15 is 0 Å². The fraction of sp³-hybridized carbons (Fsp3) is 1.00. The highest BCUT2D eigenvalue weighted by Gasteiger charge is 2.34. The van der Waals surface area contributed by atoms with Crippen LogP contribution in [-0.4, -0.2) is 31.8 Å². The molecule has 0 amide bonds. The molecule has 0 unspecified atom stereocenters. The highest BCUT2D eigenvalue weighted by atomic mass is 32.2. The van der Waals surface area contributed by atoms with Gasteiger partial charge < -0.3 is 5.32 Å². The average Bonchev–Trinajstić information content (AvgIpc) is 2.01. The van der Waals surface area contributed by atoms with Gasteiger partial charge in [0.25, 0.3) is 10.1 Å². The van der Waals surface area contributed by atoms with Crippen LogP contribution in [0, 0.1) is 11.3 Å². The summed E-state index contributed by atoms with van der Waals surface area (Å²) in [6.45, 7) is 5.71. The zero-order valence-corrected chi connectivity index (χ0v) is 9.60. The van der Waals surface area contributed by atoms with Crippen molar-refractivity contribution in [2.45, 2.75) is 26.7 Å². The predicted octanol–water partition coefficient (Wildman–Crippen LogP) is 0.900. The van der Waals surface area contributed by atoms with Crippen molar-refractivity contribution in [1.82, 2.24) is 5.32 Å². The van der Waals surface area contributed by atoms with Crippen LogP contribution in [0.4, 0.5) is 0 Å². The lowest BCUT2D eigenvalue weighted by Gasteiger charge is -2.36. The SMILES string of the molecule is CC(C)(CS(=O)(=O)O)C1CCNCC1. The maximum absolute atomic E-state index is 10.8. The Kier molecular flexibility index (Phi) is 3.55. The quantitative estimate of drug-likeness (QED) is 0.695. The summed E-state index contributed by atoms with van der Waals surface area (Å²) in [7, 11) is -3.85. The molecule has 0 bridgehead atoms. The van der Waals surface area contributed by atoms with Gasteiger partial charge >= 0.3 is 0 Å². The number of rotatable bonds is 3. The first kappa shape index (κ1) is 11.9. The predicted molar refractivity (Wildman–Crippen MR) is 55.8 cm³/mol. The van der Waals surface area contributed by atoms with E-state index in [0.29, 0.717) is 5.92 Å². The van der Waals surface area contributed by atoms with Crippen LogP contribution in [0.5, 0.6) is 0 Å². The summed E-state index contributed by atoms with van der Waals surface area (Å²) in [5.74, 6) is 0.246. The van der Waals surface area contributed by atoms with Crippen LogP contribution < -0.4 is 5.32 Å². The molecule has 1 fully saturated rings. The average molecular weight is 221 g/mol. The van der Waals surface area contributed by atoms with Gasteiger partial charge in [-0.05, 0) is 37.3 Å². The Balaban J connectivity index is 2.63. The third-order valence-corrected chi connectivity index (χ3v) is 4.11. The van der Waals surface area contributed by atoms with Crippen molar-refractivity contribution < 1.29 is 13.0 Å². The topological polar surface area (TPSA) is 66.4 Å². The van der Waals surface area contributed by atoms with Gasteiger partial charge in [0.05, 0.1) is 5.75 Å². The fourth-order valence-electron chi connectivity index (χ4n) is 2.19. The van der Waals surface area contributed by atoms with Gasteiger partial charge in [0.1, 0.15) is 0 Å². The molecule has 0 saturated carbocycles. The third kappa shape index (κ3) is 3.55. The van der Waals surface area contributed by atoms with Crippen molar-refractivity contribution in [3.05, 3.63) is 0 Å². The highest BCUT2D eigenvalue weighted by molar-refractivity contribution is 7.85. The molecule has 0 aliphatic carbocycles. The van der Waals surface area contributed by atoms with Gasteiger partial charge in [-0.3, -0.25) is 4.55 Å². The van der Waals surface area contributed by atoms with Crippen molar-refractivity contribution in [3.8, 4) is 0 Å². The molecule has 4 nitrogen and oxygen atoms in total. The second-order valence-electron chi connectivity index (χ2n) is 4.74. The second-order valence-corrected chi connectivity index (χ2v) is 6.19. The molecule has 0 radical (unpaired) electrons. The minimum Gasteiger partial charge on any atom is -0.317 e. The molecular formula is C9H19NO3S. The molecule has 1 aliphatic rings. The Bertz CT molecular complexity index is 278. The number of hydrogen-bond donors (Lipinski definition) is 2. The summed E-state index contributed by atoms with van der Waals surface area (Å²) in [5, 5.41) is 3.24. The summed E-state index contributed by atoms with van der Waals surface area (Å²) in [6.07, 6.45) is 1.98. The van der Waals surface area contributed by atoms with E-state index in [1.807, 2.05) is 13.8 Å². The minimum absolute atomic E-state index is 0.134. The minimum atomic E-state index is -3.85. The van der Waals surface area contributed by atoms with Gasteiger partial charge in [-0.25, -0.2) is 0 Å². The van der Waals surface area contributed by atoms with E-state index in [1.54, 1.807) is 0 Å². The maximum Gasteiger partial charge on any atom is 0.265 e. The summed E-state index contributed by atoms with van der Waals surface area (Å²) < 4.78 is 30.5. The smallest absolute Gasteiger partial charge is 0.265 e. The van der Waals surface area contributed by atoms with E-state index < -0.39 is 10.1 Å². The van der Waals surface area contributed by atoms with Gasteiger partial charge in [-0.1, -0.05) is 13.8 Å². The molecule has 1 rings (SSSR count). The van der Waals surface area contributed by atoms with Crippen LogP contribution in [0.2, 0.25) is 0 Å². The second kappa shape index (κ2) is 4.16. The Morgan fingerprint density at radius 1 is 1.36 bits per heavy atom. The normalized spacial score (nSPS) is 21.1. The van der Waals surface area contributed by atoms with Crippen molar-refractivity contribution >= 4 is 10.1 Å². The molecule has 0 atom stereocenters. The molecule has 1 heterocycles. The van der Waals surface area contributed by atoms with Crippen LogP contribution in [0.15, 0.2) is 0 Å². The van der Waals surface area contributed by atoms with E-state index in [2.05, 4.69) is 5.32 Å². The number of nitrogens with one attached hydrogen (secondary N) is 1. The maximum atomic E-state index is 10.8. The van der Waals surface area contributed by atoms with Crippen molar-refractivity contribution in [1.29, 1.82) is 0 Å². The molecular weight excluding hydrogens is 202 g/mol. The molecule has 0 spiro atoms. The Hall–Kier alpha value is -0.130. The summed E-state index contributed by atoms with van der Waals surface area (Å²) in [6, 6.07) is 0. The van der Waals surface area contributed by atoms with Crippen LogP contribution in [0.25, 0.3) is 0 Å². The van der Waals surface area contributed by atoms with Gasteiger partial charge in [0.15, 0.2) is 0 Å². The van der Waals surface area contributed by atoms with Crippen LogP contribution in [0.3, 0.4) is 0 Å². The molecule has 14 heavy (non-hydrogen) atoms. The van der Waals surface area contributed by atoms with Crippen LogP contribution in [0.1, 0.15) is 26.7 Å². The number of piperidine rings is 1. The summed E-state index contributed by atoms with van der Waals surface area (Å²) in [5.41, 5.74) is -0.324. The van der Waals surface area contributed by atoms with Gasteiger partial charge in [-0.2, -0.15) is 8.42 Å².